The molecule has 0 aliphatic carbocycles. The summed E-state index contributed by atoms with van der Waals surface area (Å²) in [4.78, 5) is 4.28. The number of aromatic nitrogens is 1. The molecule has 17 heavy (non-hydrogen) atoms. The van der Waals surface area contributed by atoms with E-state index in [1.54, 1.807) is 0 Å². The summed E-state index contributed by atoms with van der Waals surface area (Å²) in [6.45, 7) is 4.87. The number of aryl methyl sites for hydroxylation is 2. The van der Waals surface area contributed by atoms with Gasteiger partial charge in [0.05, 0.1) is 0 Å². The molecule has 0 spiro atoms. The summed E-state index contributed by atoms with van der Waals surface area (Å²) in [6.07, 6.45) is 1.91. The third-order valence-electron chi connectivity index (χ3n) is 2.58. The lowest BCUT2D eigenvalue weighted by Crippen LogP contribution is -2.01. The third-order valence-corrected chi connectivity index (χ3v) is 3.27. The molecule has 0 amide bonds. The van der Waals surface area contributed by atoms with Crippen LogP contribution in [0.15, 0.2) is 41.0 Å². The zero-order chi connectivity index (χ0) is 12.3. The first-order chi connectivity index (χ1) is 8.15. The predicted octanol–water partition coefficient (Wildman–Crippen LogP) is 4.07. The van der Waals surface area contributed by atoms with Crippen LogP contribution < -0.4 is 5.32 Å². The number of nitrogens with zero attached hydrogens (tertiary/aromatic N) is 1. The van der Waals surface area contributed by atoms with Gasteiger partial charge < -0.3 is 5.32 Å². The molecule has 2 nitrogen and oxygen atoms in total. The summed E-state index contributed by atoms with van der Waals surface area (Å²) in [5.74, 6) is 0. The fraction of sp³-hybridized carbons (Fsp3) is 0.214. The number of halogens is 1. The van der Waals surface area contributed by atoms with Gasteiger partial charge in [0.1, 0.15) is 0 Å². The van der Waals surface area contributed by atoms with E-state index in [1.165, 1.54) is 11.1 Å². The van der Waals surface area contributed by atoms with Crippen molar-refractivity contribution >= 4 is 21.6 Å². The summed E-state index contributed by atoms with van der Waals surface area (Å²) in [6, 6.07) is 10.4. The molecule has 0 aliphatic rings. The number of rotatable bonds is 3. The van der Waals surface area contributed by atoms with Crippen molar-refractivity contribution < 1.29 is 0 Å². The minimum atomic E-state index is 0.787. The fourth-order valence-electron chi connectivity index (χ4n) is 1.57. The van der Waals surface area contributed by atoms with E-state index >= 15 is 0 Å². The maximum atomic E-state index is 4.28. The average Bonchev–Trinajstić information content (AvgIpc) is 2.32. The van der Waals surface area contributed by atoms with Gasteiger partial charge in [-0.1, -0.05) is 12.1 Å². The molecule has 2 aromatic rings. The predicted molar refractivity (Wildman–Crippen MR) is 75.2 cm³/mol. The average molecular weight is 291 g/mol. The molecule has 3 heteroatoms. The number of anilines is 1. The smallest absolute Gasteiger partial charge is 0.0489 e. The van der Waals surface area contributed by atoms with Crippen LogP contribution in [0.4, 0.5) is 5.69 Å². The molecule has 0 saturated carbocycles. The van der Waals surface area contributed by atoms with E-state index in [1.807, 2.05) is 19.2 Å². The summed E-state index contributed by atoms with van der Waals surface area (Å²) >= 11 is 3.54. The number of hydrogen-bond donors (Lipinski definition) is 1. The Morgan fingerprint density at radius 3 is 2.71 bits per heavy atom. The Balaban J connectivity index is 2.07. The summed E-state index contributed by atoms with van der Waals surface area (Å²) < 4.78 is 1.09. The quantitative estimate of drug-likeness (QED) is 0.922. The topological polar surface area (TPSA) is 24.9 Å². The first-order valence-electron chi connectivity index (χ1n) is 5.57. The molecule has 0 aliphatic heterocycles. The molecule has 0 unspecified atom stereocenters. The van der Waals surface area contributed by atoms with Crippen molar-refractivity contribution in [3.8, 4) is 0 Å². The van der Waals surface area contributed by atoms with Crippen LogP contribution in [-0.4, -0.2) is 4.98 Å². The van der Waals surface area contributed by atoms with Crippen molar-refractivity contribution in [2.75, 3.05) is 5.32 Å². The standard InChI is InChI=1S/C14H15BrN2/c1-10-3-6-13(15)14(7-10)17-9-12-5-4-11(2)16-8-12/h3-8,17H,9H2,1-2H3. The molecule has 2 rings (SSSR count). The largest absolute Gasteiger partial charge is 0.380 e. The van der Waals surface area contributed by atoms with Crippen LogP contribution in [0.5, 0.6) is 0 Å². The minimum Gasteiger partial charge on any atom is -0.380 e. The molecule has 1 N–H and O–H groups in total. The highest BCUT2D eigenvalue weighted by atomic mass is 79.9. The highest BCUT2D eigenvalue weighted by molar-refractivity contribution is 9.10. The Morgan fingerprint density at radius 2 is 2.00 bits per heavy atom. The second-order valence-corrected chi connectivity index (χ2v) is 5.00. The monoisotopic (exact) mass is 290 g/mol. The van der Waals surface area contributed by atoms with Crippen LogP contribution in [0.25, 0.3) is 0 Å². The van der Waals surface area contributed by atoms with Gasteiger partial charge in [-0.25, -0.2) is 0 Å². The van der Waals surface area contributed by atoms with Crippen LogP contribution in [-0.2, 0) is 6.54 Å². The highest BCUT2D eigenvalue weighted by Crippen LogP contribution is 2.23. The van der Waals surface area contributed by atoms with Crippen molar-refractivity contribution in [1.82, 2.24) is 4.98 Å². The van der Waals surface area contributed by atoms with E-state index in [-0.39, 0.29) is 0 Å². The van der Waals surface area contributed by atoms with Crippen LogP contribution in [0.1, 0.15) is 16.8 Å². The molecule has 0 saturated heterocycles. The Morgan fingerprint density at radius 1 is 1.18 bits per heavy atom. The molecule has 0 bridgehead atoms. The normalized spacial score (nSPS) is 10.3. The van der Waals surface area contributed by atoms with Crippen molar-refractivity contribution in [3.63, 3.8) is 0 Å². The van der Waals surface area contributed by atoms with Crippen molar-refractivity contribution in [2.45, 2.75) is 20.4 Å². The first-order valence-corrected chi connectivity index (χ1v) is 6.36. The van der Waals surface area contributed by atoms with Crippen molar-refractivity contribution in [3.05, 3.63) is 57.8 Å². The van der Waals surface area contributed by atoms with Crippen LogP contribution in [0.2, 0.25) is 0 Å². The Labute approximate surface area is 110 Å². The molecule has 1 aromatic carbocycles. The lowest BCUT2D eigenvalue weighted by molar-refractivity contribution is 1.08. The lowest BCUT2D eigenvalue weighted by Gasteiger charge is -2.09. The molecular formula is C14H15BrN2. The first kappa shape index (κ1) is 12.1. The summed E-state index contributed by atoms with van der Waals surface area (Å²) in [7, 11) is 0. The molecule has 1 aromatic heterocycles. The lowest BCUT2D eigenvalue weighted by atomic mass is 10.2. The Bertz CT molecular complexity index is 506. The molecule has 88 valence electrons. The molecule has 0 radical (unpaired) electrons. The molecular weight excluding hydrogens is 276 g/mol. The van der Waals surface area contributed by atoms with Gasteiger partial charge in [0.25, 0.3) is 0 Å². The van der Waals surface area contributed by atoms with Crippen LogP contribution in [0.3, 0.4) is 0 Å². The second kappa shape index (κ2) is 5.32. The molecule has 0 atom stereocenters. The van der Waals surface area contributed by atoms with Gasteiger partial charge in [-0.15, -0.1) is 0 Å². The van der Waals surface area contributed by atoms with E-state index in [0.717, 1.165) is 22.4 Å². The van der Waals surface area contributed by atoms with E-state index < -0.39 is 0 Å². The summed E-state index contributed by atoms with van der Waals surface area (Å²) in [5.41, 5.74) is 4.60. The van der Waals surface area contributed by atoms with E-state index in [0.29, 0.717) is 0 Å². The Kier molecular flexibility index (Phi) is 3.79. The second-order valence-electron chi connectivity index (χ2n) is 4.14. The van der Waals surface area contributed by atoms with Crippen molar-refractivity contribution in [1.29, 1.82) is 0 Å². The van der Waals surface area contributed by atoms with Gasteiger partial charge in [-0.2, -0.15) is 0 Å². The molecule has 1 heterocycles. The zero-order valence-electron chi connectivity index (χ0n) is 10.00. The van der Waals surface area contributed by atoms with E-state index in [4.69, 9.17) is 0 Å². The molecule has 0 fully saturated rings. The highest BCUT2D eigenvalue weighted by Gasteiger charge is 2.00. The number of benzene rings is 1. The summed E-state index contributed by atoms with van der Waals surface area (Å²) in [5, 5.41) is 3.40. The van der Waals surface area contributed by atoms with Crippen LogP contribution in [0, 0.1) is 13.8 Å². The zero-order valence-corrected chi connectivity index (χ0v) is 11.6. The maximum Gasteiger partial charge on any atom is 0.0489 e. The number of hydrogen-bond acceptors (Lipinski definition) is 2. The van der Waals surface area contributed by atoms with Crippen LogP contribution >= 0.6 is 15.9 Å². The van der Waals surface area contributed by atoms with Gasteiger partial charge >= 0.3 is 0 Å². The van der Waals surface area contributed by atoms with Gasteiger partial charge in [0.2, 0.25) is 0 Å². The van der Waals surface area contributed by atoms with Gasteiger partial charge in [-0.05, 0) is 59.1 Å². The Hall–Kier alpha value is -1.35. The third kappa shape index (κ3) is 3.30. The van der Waals surface area contributed by atoms with Gasteiger partial charge in [-0.3, -0.25) is 4.98 Å². The van der Waals surface area contributed by atoms with Gasteiger partial charge in [0.15, 0.2) is 0 Å². The van der Waals surface area contributed by atoms with Gasteiger partial charge in [0, 0.05) is 28.6 Å². The SMILES string of the molecule is Cc1ccc(Br)c(NCc2ccc(C)nc2)c1. The van der Waals surface area contributed by atoms with Crippen molar-refractivity contribution in [2.24, 2.45) is 0 Å². The minimum absolute atomic E-state index is 0.787. The fourth-order valence-corrected chi connectivity index (χ4v) is 1.96. The number of pyridine rings is 1. The maximum absolute atomic E-state index is 4.28. The van der Waals surface area contributed by atoms with E-state index in [9.17, 15) is 0 Å². The van der Waals surface area contributed by atoms with E-state index in [2.05, 4.69) is 57.4 Å². The number of nitrogens with one attached hydrogen (secondary N) is 1.